The normalized spacial score (nSPS) is 20.5. The third kappa shape index (κ3) is 8.08. The average molecular weight is 407 g/mol. The molecule has 2 fully saturated rings. The van der Waals surface area contributed by atoms with Crippen LogP contribution < -0.4 is 15.6 Å². The fourth-order valence-corrected chi connectivity index (χ4v) is 4.38. The highest BCUT2D eigenvalue weighted by Gasteiger charge is 2.27. The first-order valence-electron chi connectivity index (χ1n) is 7.51. The number of nitrogens with zero attached hydrogens (tertiary/aromatic N) is 1. The van der Waals surface area contributed by atoms with Gasteiger partial charge in [0.25, 0.3) is 0 Å². The van der Waals surface area contributed by atoms with Gasteiger partial charge in [0, 0.05) is 20.0 Å². The largest absolute Gasteiger partial charge is 0.343 e. The van der Waals surface area contributed by atoms with Crippen molar-refractivity contribution in [3.05, 3.63) is 0 Å². The molecule has 5 N–H and O–H groups in total. The van der Waals surface area contributed by atoms with E-state index in [0.29, 0.717) is 38.8 Å². The molecule has 12 heteroatoms. The number of carbonyl (C=O) groups is 1. The molecule has 2 saturated heterocycles. The molecule has 144 valence electrons. The number of piperidine rings is 2. The minimum Gasteiger partial charge on any atom is -0.343 e. The third-order valence-electron chi connectivity index (χ3n) is 4.10. The van der Waals surface area contributed by atoms with E-state index in [-0.39, 0.29) is 23.6 Å². The molecule has 2 heterocycles. The second-order valence-electron chi connectivity index (χ2n) is 5.83. The van der Waals surface area contributed by atoms with Crippen LogP contribution in [0.4, 0.5) is 0 Å². The summed E-state index contributed by atoms with van der Waals surface area (Å²) in [5.41, 5.74) is 0. The van der Waals surface area contributed by atoms with Crippen molar-refractivity contribution in [3.8, 4) is 0 Å². The molecule has 1 amide bonds. The first kappa shape index (κ1) is 23.5. The molecule has 0 bridgehead atoms. The molecule has 2 aliphatic heterocycles. The van der Waals surface area contributed by atoms with Gasteiger partial charge >= 0.3 is 0 Å². The van der Waals surface area contributed by atoms with E-state index in [2.05, 4.69) is 5.32 Å². The summed E-state index contributed by atoms with van der Waals surface area (Å²) in [4.78, 5) is 12.5. The molecule has 2 rings (SSSR count). The molecule has 0 aliphatic carbocycles. The number of nitrogens with two attached hydrogens (primary N) is 2. The lowest BCUT2D eigenvalue weighted by Gasteiger charge is -2.29. The monoisotopic (exact) mass is 406 g/mol. The number of hydrogen-bond acceptors (Lipinski definition) is 6. The third-order valence-corrected chi connectivity index (χ3v) is 6.90. The van der Waals surface area contributed by atoms with Gasteiger partial charge in [0.2, 0.25) is 26.0 Å². The summed E-state index contributed by atoms with van der Waals surface area (Å²) in [6.45, 7) is 4.01. The van der Waals surface area contributed by atoms with Crippen molar-refractivity contribution in [1.29, 1.82) is 0 Å². The molecule has 0 aromatic heterocycles. The van der Waals surface area contributed by atoms with Gasteiger partial charge in [-0.15, -0.1) is 12.4 Å². The second-order valence-corrected chi connectivity index (χ2v) is 9.52. The van der Waals surface area contributed by atoms with Crippen molar-refractivity contribution in [3.63, 3.8) is 0 Å². The van der Waals surface area contributed by atoms with E-state index in [9.17, 15) is 21.6 Å². The molecule has 9 nitrogen and oxygen atoms in total. The van der Waals surface area contributed by atoms with Crippen LogP contribution in [0.3, 0.4) is 0 Å². The number of primary sulfonamides is 2. The van der Waals surface area contributed by atoms with E-state index in [0.717, 1.165) is 13.1 Å². The predicted molar refractivity (Wildman–Crippen MR) is 94.6 cm³/mol. The molecular formula is C12H27ClN4O5S2. The Bertz CT molecular complexity index is 597. The SMILES string of the molecule is CC(=O)N1CCC(S(N)(=O)=O)CC1.Cl.NS(=O)(=O)C1CCNCC1. The van der Waals surface area contributed by atoms with Gasteiger partial charge in [-0.25, -0.2) is 27.1 Å². The maximum absolute atomic E-state index is 10.9. The highest BCUT2D eigenvalue weighted by atomic mass is 35.5. The molecular weight excluding hydrogens is 380 g/mol. The average Bonchev–Trinajstić information content (AvgIpc) is 2.47. The zero-order valence-corrected chi connectivity index (χ0v) is 16.1. The number of hydrogen-bond donors (Lipinski definition) is 3. The molecule has 0 atom stereocenters. The number of rotatable bonds is 2. The molecule has 0 unspecified atom stereocenters. The lowest BCUT2D eigenvalue weighted by Crippen LogP contribution is -2.43. The van der Waals surface area contributed by atoms with Gasteiger partial charge in [-0.3, -0.25) is 4.79 Å². The van der Waals surface area contributed by atoms with Crippen molar-refractivity contribution < 1.29 is 21.6 Å². The Hall–Kier alpha value is -0.460. The quantitative estimate of drug-likeness (QED) is 0.520. The number of likely N-dealkylation sites (tertiary alicyclic amines) is 1. The number of sulfonamides is 2. The topological polar surface area (TPSA) is 153 Å². The fourth-order valence-electron chi connectivity index (χ4n) is 2.62. The maximum Gasteiger partial charge on any atom is 0.219 e. The molecule has 2 aliphatic rings. The maximum atomic E-state index is 10.9. The summed E-state index contributed by atoms with van der Waals surface area (Å²) in [5.74, 6) is -0.00660. The highest BCUT2D eigenvalue weighted by Crippen LogP contribution is 2.15. The molecule has 0 spiro atoms. The van der Waals surface area contributed by atoms with E-state index >= 15 is 0 Å². The van der Waals surface area contributed by atoms with Crippen LogP contribution >= 0.6 is 12.4 Å². The van der Waals surface area contributed by atoms with Crippen LogP contribution in [0.15, 0.2) is 0 Å². The van der Waals surface area contributed by atoms with Gasteiger partial charge in [0.15, 0.2) is 0 Å². The Kier molecular flexibility index (Phi) is 9.69. The zero-order chi connectivity index (χ0) is 17.7. The molecule has 0 aromatic carbocycles. The lowest BCUT2D eigenvalue weighted by atomic mass is 10.1. The Balaban J connectivity index is 0.000000436. The van der Waals surface area contributed by atoms with Gasteiger partial charge in [-0.05, 0) is 38.8 Å². The minimum atomic E-state index is -3.41. The fraction of sp³-hybridized carbons (Fsp3) is 0.917. The number of halogens is 1. The van der Waals surface area contributed by atoms with Crippen LogP contribution in [0.1, 0.15) is 32.6 Å². The van der Waals surface area contributed by atoms with Crippen LogP contribution in [-0.4, -0.2) is 64.3 Å². The summed E-state index contributed by atoms with van der Waals surface area (Å²) in [5, 5.41) is 12.2. The van der Waals surface area contributed by atoms with E-state index in [1.54, 1.807) is 4.90 Å². The van der Waals surface area contributed by atoms with Gasteiger partial charge in [0.1, 0.15) is 0 Å². The summed E-state index contributed by atoms with van der Waals surface area (Å²) >= 11 is 0. The Morgan fingerprint density at radius 2 is 1.29 bits per heavy atom. The van der Waals surface area contributed by atoms with E-state index in [1.807, 2.05) is 0 Å². The highest BCUT2D eigenvalue weighted by molar-refractivity contribution is 7.90. The van der Waals surface area contributed by atoms with Gasteiger partial charge in [0.05, 0.1) is 10.5 Å². The van der Waals surface area contributed by atoms with Crippen LogP contribution in [-0.2, 0) is 24.8 Å². The van der Waals surface area contributed by atoms with Crippen molar-refractivity contribution >= 4 is 38.4 Å². The summed E-state index contributed by atoms with van der Waals surface area (Å²) in [7, 11) is -6.68. The van der Waals surface area contributed by atoms with Crippen LogP contribution in [0.5, 0.6) is 0 Å². The zero-order valence-electron chi connectivity index (χ0n) is 13.7. The van der Waals surface area contributed by atoms with Crippen molar-refractivity contribution in [1.82, 2.24) is 10.2 Å². The second kappa shape index (κ2) is 9.88. The Morgan fingerprint density at radius 1 is 0.917 bits per heavy atom. The lowest BCUT2D eigenvalue weighted by molar-refractivity contribution is -0.129. The van der Waals surface area contributed by atoms with E-state index in [1.165, 1.54) is 6.92 Å². The molecule has 0 saturated carbocycles. The number of amides is 1. The van der Waals surface area contributed by atoms with Crippen molar-refractivity contribution in [2.45, 2.75) is 43.1 Å². The summed E-state index contributed by atoms with van der Waals surface area (Å²) < 4.78 is 43.3. The van der Waals surface area contributed by atoms with Crippen molar-refractivity contribution in [2.75, 3.05) is 26.2 Å². The first-order valence-corrected chi connectivity index (χ1v) is 10.7. The number of carbonyl (C=O) groups excluding carboxylic acids is 1. The van der Waals surface area contributed by atoms with Gasteiger partial charge in [-0.2, -0.15) is 0 Å². The first-order chi connectivity index (χ1) is 10.5. The molecule has 0 radical (unpaired) electrons. The van der Waals surface area contributed by atoms with Crippen molar-refractivity contribution in [2.24, 2.45) is 10.3 Å². The number of nitrogens with one attached hydrogen (secondary N) is 1. The minimum absolute atomic E-state index is 0. The Morgan fingerprint density at radius 3 is 1.58 bits per heavy atom. The van der Waals surface area contributed by atoms with Crippen LogP contribution in [0.2, 0.25) is 0 Å². The van der Waals surface area contributed by atoms with E-state index < -0.39 is 25.3 Å². The molecule has 24 heavy (non-hydrogen) atoms. The van der Waals surface area contributed by atoms with Crippen LogP contribution in [0.25, 0.3) is 0 Å². The standard InChI is InChI=1S/C7H14N2O3S.C5H12N2O2S.ClH/c1-6(10)9-4-2-7(3-5-9)13(8,11)12;6-10(8,9)5-1-3-7-4-2-5;/h7H,2-5H2,1H3,(H2,8,11,12);5,7H,1-4H2,(H2,6,8,9);1H. The predicted octanol–water partition coefficient (Wildman–Crippen LogP) is -1.27. The summed E-state index contributed by atoms with van der Waals surface area (Å²) in [6.07, 6.45) is 2.22. The van der Waals surface area contributed by atoms with E-state index in [4.69, 9.17) is 10.3 Å². The summed E-state index contributed by atoms with van der Waals surface area (Å²) in [6, 6.07) is 0. The smallest absolute Gasteiger partial charge is 0.219 e. The Labute approximate surface area is 150 Å². The van der Waals surface area contributed by atoms with Gasteiger partial charge in [-0.1, -0.05) is 0 Å². The molecule has 0 aromatic rings. The van der Waals surface area contributed by atoms with Gasteiger partial charge < -0.3 is 10.2 Å². The van der Waals surface area contributed by atoms with Crippen LogP contribution in [0, 0.1) is 0 Å².